The van der Waals surface area contributed by atoms with Crippen LogP contribution in [0.4, 0.5) is 0 Å². The van der Waals surface area contributed by atoms with Crippen molar-refractivity contribution in [2.45, 2.75) is 33.7 Å². The topological polar surface area (TPSA) is 45.1 Å². The fraction of sp³-hybridized carbons (Fsp3) is 0.714. The summed E-state index contributed by atoms with van der Waals surface area (Å²) in [5, 5.41) is 11.5. The lowest BCUT2D eigenvalue weighted by Crippen LogP contribution is -2.36. The molecule has 2 N–H and O–H groups in total. The minimum atomic E-state index is 0.716. The molecule has 0 aliphatic heterocycles. The Hall–Kier alpha value is -1.14. The SMILES string of the molecule is CCN(CC)CCCNC(=S)NCc1cn(C)nc1C. The van der Waals surface area contributed by atoms with Crippen molar-refractivity contribution >= 4 is 17.3 Å². The van der Waals surface area contributed by atoms with E-state index in [2.05, 4.69) is 34.5 Å². The van der Waals surface area contributed by atoms with Crippen molar-refractivity contribution in [1.82, 2.24) is 25.3 Å². The van der Waals surface area contributed by atoms with Gasteiger partial charge in [0, 0.05) is 31.9 Å². The Morgan fingerprint density at radius 1 is 1.35 bits per heavy atom. The lowest BCUT2D eigenvalue weighted by atomic mass is 10.3. The molecule has 0 saturated carbocycles. The lowest BCUT2D eigenvalue weighted by Gasteiger charge is -2.18. The normalized spacial score (nSPS) is 10.8. The zero-order chi connectivity index (χ0) is 15.0. The van der Waals surface area contributed by atoms with Crippen LogP contribution in [0, 0.1) is 6.92 Å². The largest absolute Gasteiger partial charge is 0.363 e. The average molecular weight is 297 g/mol. The monoisotopic (exact) mass is 297 g/mol. The Labute approximate surface area is 127 Å². The van der Waals surface area contributed by atoms with E-state index in [0.29, 0.717) is 5.11 Å². The maximum absolute atomic E-state index is 5.28. The van der Waals surface area contributed by atoms with Gasteiger partial charge in [-0.05, 0) is 45.2 Å². The van der Waals surface area contributed by atoms with Gasteiger partial charge in [0.15, 0.2) is 5.11 Å². The van der Waals surface area contributed by atoms with Crippen molar-refractivity contribution in [3.8, 4) is 0 Å². The van der Waals surface area contributed by atoms with Crippen LogP contribution in [0.2, 0.25) is 0 Å². The second kappa shape index (κ2) is 8.92. The van der Waals surface area contributed by atoms with Gasteiger partial charge in [-0.25, -0.2) is 0 Å². The van der Waals surface area contributed by atoms with Crippen molar-refractivity contribution in [2.75, 3.05) is 26.2 Å². The Kier molecular flexibility index (Phi) is 7.54. The molecule has 114 valence electrons. The van der Waals surface area contributed by atoms with Gasteiger partial charge >= 0.3 is 0 Å². The summed E-state index contributed by atoms with van der Waals surface area (Å²) in [4.78, 5) is 2.41. The first-order valence-electron chi connectivity index (χ1n) is 7.30. The molecule has 0 aliphatic carbocycles. The molecule has 0 fully saturated rings. The minimum Gasteiger partial charge on any atom is -0.363 e. The van der Waals surface area contributed by atoms with Gasteiger partial charge in [-0.2, -0.15) is 5.10 Å². The van der Waals surface area contributed by atoms with Crippen molar-refractivity contribution in [2.24, 2.45) is 7.05 Å². The molecular weight excluding hydrogens is 270 g/mol. The molecule has 1 aromatic heterocycles. The maximum atomic E-state index is 5.28. The van der Waals surface area contributed by atoms with Gasteiger partial charge < -0.3 is 15.5 Å². The third-order valence-electron chi connectivity index (χ3n) is 3.39. The average Bonchev–Trinajstić information content (AvgIpc) is 2.75. The number of nitrogens with one attached hydrogen (secondary N) is 2. The summed E-state index contributed by atoms with van der Waals surface area (Å²) >= 11 is 5.28. The van der Waals surface area contributed by atoms with Crippen LogP contribution in [0.5, 0.6) is 0 Å². The second-order valence-electron chi connectivity index (χ2n) is 4.90. The highest BCUT2D eigenvalue weighted by Gasteiger charge is 2.03. The first kappa shape index (κ1) is 16.9. The van der Waals surface area contributed by atoms with E-state index in [4.69, 9.17) is 12.2 Å². The number of thiocarbonyl (C=S) groups is 1. The fourth-order valence-electron chi connectivity index (χ4n) is 2.10. The molecule has 5 nitrogen and oxygen atoms in total. The molecular formula is C14H27N5S. The molecule has 0 spiro atoms. The third kappa shape index (κ3) is 5.88. The lowest BCUT2D eigenvalue weighted by molar-refractivity contribution is 0.300. The summed E-state index contributed by atoms with van der Waals surface area (Å²) in [5.74, 6) is 0. The standard InChI is InChI=1S/C14H27N5S/c1-5-19(6-2)9-7-8-15-14(20)16-10-13-11-18(4)17-12(13)3/h11H,5-10H2,1-4H3,(H2,15,16,20). The van der Waals surface area contributed by atoms with Crippen LogP contribution >= 0.6 is 12.2 Å². The highest BCUT2D eigenvalue weighted by Crippen LogP contribution is 2.03. The number of nitrogens with zero attached hydrogens (tertiary/aromatic N) is 3. The summed E-state index contributed by atoms with van der Waals surface area (Å²) in [6, 6.07) is 0. The molecule has 20 heavy (non-hydrogen) atoms. The van der Waals surface area contributed by atoms with E-state index in [1.807, 2.05) is 24.9 Å². The van der Waals surface area contributed by atoms with Gasteiger partial charge in [0.1, 0.15) is 0 Å². The Balaban J connectivity index is 2.16. The van der Waals surface area contributed by atoms with Crippen LogP contribution in [0.1, 0.15) is 31.5 Å². The highest BCUT2D eigenvalue weighted by atomic mass is 32.1. The molecule has 1 heterocycles. The zero-order valence-corrected chi connectivity index (χ0v) is 13.9. The summed E-state index contributed by atoms with van der Waals surface area (Å²) in [7, 11) is 1.93. The van der Waals surface area contributed by atoms with Crippen LogP contribution in [-0.2, 0) is 13.6 Å². The van der Waals surface area contributed by atoms with E-state index in [9.17, 15) is 0 Å². The first-order valence-corrected chi connectivity index (χ1v) is 7.70. The van der Waals surface area contributed by atoms with Crippen molar-refractivity contribution in [3.05, 3.63) is 17.5 Å². The van der Waals surface area contributed by atoms with Crippen molar-refractivity contribution < 1.29 is 0 Å². The van der Waals surface area contributed by atoms with Crippen molar-refractivity contribution in [1.29, 1.82) is 0 Å². The molecule has 0 saturated heterocycles. The highest BCUT2D eigenvalue weighted by molar-refractivity contribution is 7.80. The quantitative estimate of drug-likeness (QED) is 0.561. The number of aromatic nitrogens is 2. The van der Waals surface area contributed by atoms with E-state index in [1.165, 1.54) is 5.56 Å². The van der Waals surface area contributed by atoms with Gasteiger partial charge in [0.2, 0.25) is 0 Å². The summed E-state index contributed by atoms with van der Waals surface area (Å²) in [5.41, 5.74) is 2.23. The molecule has 0 atom stereocenters. The molecule has 0 aliphatic rings. The van der Waals surface area contributed by atoms with Gasteiger partial charge in [-0.3, -0.25) is 4.68 Å². The number of hydrogen-bond donors (Lipinski definition) is 2. The second-order valence-corrected chi connectivity index (χ2v) is 5.31. The van der Waals surface area contributed by atoms with Crippen LogP contribution in [-0.4, -0.2) is 46.0 Å². The minimum absolute atomic E-state index is 0.716. The zero-order valence-electron chi connectivity index (χ0n) is 13.1. The summed E-state index contributed by atoms with van der Waals surface area (Å²) < 4.78 is 1.83. The molecule has 0 unspecified atom stereocenters. The van der Waals surface area contributed by atoms with Crippen LogP contribution in [0.3, 0.4) is 0 Å². The molecule has 0 aromatic carbocycles. The Bertz CT molecular complexity index is 412. The summed E-state index contributed by atoms with van der Waals surface area (Å²) in [6.07, 6.45) is 3.13. The fourth-order valence-corrected chi connectivity index (χ4v) is 2.28. The predicted octanol–water partition coefficient (Wildman–Crippen LogP) is 1.42. The molecule has 0 radical (unpaired) electrons. The van der Waals surface area contributed by atoms with Gasteiger partial charge in [0.05, 0.1) is 5.69 Å². The van der Waals surface area contributed by atoms with E-state index in [0.717, 1.165) is 44.8 Å². The van der Waals surface area contributed by atoms with Crippen LogP contribution in [0.25, 0.3) is 0 Å². The van der Waals surface area contributed by atoms with Gasteiger partial charge in [-0.15, -0.1) is 0 Å². The van der Waals surface area contributed by atoms with Gasteiger partial charge in [-0.1, -0.05) is 13.8 Å². The van der Waals surface area contributed by atoms with E-state index < -0.39 is 0 Å². The Morgan fingerprint density at radius 3 is 2.60 bits per heavy atom. The number of rotatable bonds is 8. The van der Waals surface area contributed by atoms with Crippen LogP contribution in [0.15, 0.2) is 6.20 Å². The molecule has 6 heteroatoms. The molecule has 1 rings (SSSR count). The Morgan fingerprint density at radius 2 is 2.05 bits per heavy atom. The van der Waals surface area contributed by atoms with Crippen molar-refractivity contribution in [3.63, 3.8) is 0 Å². The predicted molar refractivity (Wildman–Crippen MR) is 87.8 cm³/mol. The maximum Gasteiger partial charge on any atom is 0.166 e. The molecule has 0 bridgehead atoms. The number of aryl methyl sites for hydroxylation is 2. The van der Waals surface area contributed by atoms with E-state index in [-0.39, 0.29) is 0 Å². The molecule has 1 aromatic rings. The smallest absolute Gasteiger partial charge is 0.166 e. The summed E-state index contributed by atoms with van der Waals surface area (Å²) in [6.45, 7) is 11.4. The number of hydrogen-bond acceptors (Lipinski definition) is 3. The van der Waals surface area contributed by atoms with Crippen LogP contribution < -0.4 is 10.6 Å². The third-order valence-corrected chi connectivity index (χ3v) is 3.67. The first-order chi connectivity index (χ1) is 9.56. The van der Waals surface area contributed by atoms with E-state index >= 15 is 0 Å². The van der Waals surface area contributed by atoms with Gasteiger partial charge in [0.25, 0.3) is 0 Å². The van der Waals surface area contributed by atoms with E-state index in [1.54, 1.807) is 0 Å². The molecule has 0 amide bonds.